The van der Waals surface area contributed by atoms with Crippen LogP contribution in [-0.4, -0.2) is 21.5 Å². The van der Waals surface area contributed by atoms with Crippen LogP contribution in [0.5, 0.6) is 0 Å². The van der Waals surface area contributed by atoms with Crippen molar-refractivity contribution >= 4 is 39.9 Å². The molecule has 0 amide bonds. The summed E-state index contributed by atoms with van der Waals surface area (Å²) >= 11 is 1.68. The first-order chi connectivity index (χ1) is 9.33. The summed E-state index contributed by atoms with van der Waals surface area (Å²) in [4.78, 5) is 21.3. The van der Waals surface area contributed by atoms with Gasteiger partial charge in [0.15, 0.2) is 0 Å². The van der Waals surface area contributed by atoms with Crippen molar-refractivity contribution in [1.29, 1.82) is 0 Å². The molecule has 108 valence electrons. The number of aliphatic carboxylic acids is 1. The molecule has 1 aliphatic carbocycles. The van der Waals surface area contributed by atoms with Gasteiger partial charge in [-0.3, -0.25) is 14.9 Å². The van der Waals surface area contributed by atoms with E-state index in [0.29, 0.717) is 12.8 Å². The number of halogens is 2. The third kappa shape index (κ3) is 3.00. The van der Waals surface area contributed by atoms with Crippen LogP contribution < -0.4 is 5.32 Å². The van der Waals surface area contributed by atoms with Gasteiger partial charge < -0.3 is 10.4 Å². The Morgan fingerprint density at radius 3 is 2.65 bits per heavy atom. The molecule has 0 aromatic heterocycles. The topological polar surface area (TPSA) is 92.5 Å². The molecule has 0 unspecified atom stereocenters. The zero-order chi connectivity index (χ0) is 14.9. The molecule has 8 heteroatoms. The normalized spacial score (nSPS) is 16.3. The highest BCUT2D eigenvalue weighted by atomic mass is 127. The van der Waals surface area contributed by atoms with Crippen LogP contribution in [0.2, 0.25) is 0 Å². The van der Waals surface area contributed by atoms with E-state index in [1.165, 1.54) is 0 Å². The molecule has 2 rings (SSSR count). The summed E-state index contributed by atoms with van der Waals surface area (Å²) in [5.41, 5.74) is -0.920. The third-order valence-electron chi connectivity index (χ3n) is 3.44. The maximum Gasteiger partial charge on any atom is 0.305 e. The second kappa shape index (κ2) is 5.51. The molecule has 20 heavy (non-hydrogen) atoms. The van der Waals surface area contributed by atoms with E-state index >= 15 is 0 Å². The number of benzene rings is 1. The number of carboxylic acids is 1. The molecule has 0 bridgehead atoms. The molecule has 0 atom stereocenters. The molecule has 0 radical (unpaired) electrons. The Morgan fingerprint density at radius 2 is 2.20 bits per heavy atom. The number of hydrogen-bond acceptors (Lipinski definition) is 4. The number of nitro groups is 1. The number of hydrogen-bond donors (Lipinski definition) is 2. The highest BCUT2D eigenvalue weighted by molar-refractivity contribution is 14.1. The van der Waals surface area contributed by atoms with Crippen molar-refractivity contribution in [2.45, 2.75) is 31.2 Å². The van der Waals surface area contributed by atoms with Crippen LogP contribution in [0.3, 0.4) is 0 Å². The predicted molar refractivity (Wildman–Crippen MR) is 78.2 cm³/mol. The van der Waals surface area contributed by atoms with Gasteiger partial charge in [0, 0.05) is 17.7 Å². The molecule has 0 saturated heterocycles. The van der Waals surface area contributed by atoms with Gasteiger partial charge in [-0.1, -0.05) is 0 Å². The summed E-state index contributed by atoms with van der Waals surface area (Å²) < 4.78 is 13.7. The van der Waals surface area contributed by atoms with Crippen molar-refractivity contribution in [2.75, 3.05) is 5.32 Å². The van der Waals surface area contributed by atoms with E-state index in [0.717, 1.165) is 18.6 Å². The monoisotopic (exact) mass is 394 g/mol. The Kier molecular flexibility index (Phi) is 4.11. The van der Waals surface area contributed by atoms with E-state index in [1.807, 2.05) is 0 Å². The minimum absolute atomic E-state index is 0.0360. The van der Waals surface area contributed by atoms with Crippen LogP contribution >= 0.6 is 22.6 Å². The van der Waals surface area contributed by atoms with Crippen molar-refractivity contribution in [1.82, 2.24) is 0 Å². The predicted octanol–water partition coefficient (Wildman–Crippen LogP) is 3.15. The van der Waals surface area contributed by atoms with Crippen molar-refractivity contribution < 1.29 is 19.2 Å². The lowest BCUT2D eigenvalue weighted by atomic mass is 9.74. The second-order valence-electron chi connectivity index (χ2n) is 4.87. The van der Waals surface area contributed by atoms with Crippen molar-refractivity contribution in [3.63, 3.8) is 0 Å². The molecular weight excluding hydrogens is 382 g/mol. The minimum Gasteiger partial charge on any atom is -0.481 e. The van der Waals surface area contributed by atoms with Gasteiger partial charge in [-0.15, -0.1) is 0 Å². The maximum atomic E-state index is 13.6. The summed E-state index contributed by atoms with van der Waals surface area (Å²) in [5, 5.41) is 22.8. The van der Waals surface area contributed by atoms with Crippen molar-refractivity contribution in [3.05, 3.63) is 31.6 Å². The fraction of sp³-hybridized carbons (Fsp3) is 0.417. The molecule has 0 spiro atoms. The van der Waals surface area contributed by atoms with Crippen LogP contribution in [0.15, 0.2) is 12.1 Å². The lowest BCUT2D eigenvalue weighted by Gasteiger charge is -2.42. The van der Waals surface area contributed by atoms with Gasteiger partial charge in [0.1, 0.15) is 11.5 Å². The molecule has 1 aliphatic rings. The quantitative estimate of drug-likeness (QED) is 0.455. The van der Waals surface area contributed by atoms with Crippen LogP contribution in [-0.2, 0) is 4.79 Å². The maximum absolute atomic E-state index is 13.6. The summed E-state index contributed by atoms with van der Waals surface area (Å²) in [6, 6.07) is 2.20. The van der Waals surface area contributed by atoms with Crippen LogP contribution in [0.4, 0.5) is 15.8 Å². The Labute approximate surface area is 127 Å². The Morgan fingerprint density at radius 1 is 1.55 bits per heavy atom. The summed E-state index contributed by atoms with van der Waals surface area (Å²) in [6.45, 7) is 0. The zero-order valence-corrected chi connectivity index (χ0v) is 12.5. The van der Waals surface area contributed by atoms with Gasteiger partial charge in [0.05, 0.1) is 14.9 Å². The Balaban J connectivity index is 2.34. The first-order valence-electron chi connectivity index (χ1n) is 5.96. The van der Waals surface area contributed by atoms with Gasteiger partial charge in [-0.05, 0) is 41.9 Å². The SMILES string of the molecule is O=C(O)CC1(Nc2cc(F)c(I)cc2[N+](=O)[O-])CCC1. The number of nitrogens with zero attached hydrogens (tertiary/aromatic N) is 1. The smallest absolute Gasteiger partial charge is 0.305 e. The largest absolute Gasteiger partial charge is 0.481 e. The molecule has 1 aromatic rings. The molecule has 0 aliphatic heterocycles. The van der Waals surface area contributed by atoms with Gasteiger partial charge in [-0.2, -0.15) is 0 Å². The molecule has 0 heterocycles. The average Bonchev–Trinajstić information content (AvgIpc) is 2.29. The van der Waals surface area contributed by atoms with Crippen LogP contribution in [0, 0.1) is 19.5 Å². The van der Waals surface area contributed by atoms with Crippen LogP contribution in [0.25, 0.3) is 0 Å². The first-order valence-corrected chi connectivity index (χ1v) is 7.04. The third-order valence-corrected chi connectivity index (χ3v) is 4.26. The number of rotatable bonds is 5. The molecule has 2 N–H and O–H groups in total. The highest BCUT2D eigenvalue weighted by Crippen LogP contribution is 2.41. The van der Waals surface area contributed by atoms with Gasteiger partial charge in [-0.25, -0.2) is 4.39 Å². The molecule has 1 aromatic carbocycles. The first kappa shape index (κ1) is 14.9. The molecule has 6 nitrogen and oxygen atoms in total. The van der Waals surface area contributed by atoms with Gasteiger partial charge in [0.25, 0.3) is 5.69 Å². The lowest BCUT2D eigenvalue weighted by Crippen LogP contribution is -2.46. The summed E-state index contributed by atoms with van der Waals surface area (Å²) in [7, 11) is 0. The fourth-order valence-electron chi connectivity index (χ4n) is 2.31. The average molecular weight is 394 g/mol. The van der Waals surface area contributed by atoms with Crippen LogP contribution in [0.1, 0.15) is 25.7 Å². The summed E-state index contributed by atoms with van der Waals surface area (Å²) in [5.74, 6) is -1.55. The van der Waals surface area contributed by atoms with E-state index < -0.39 is 22.2 Å². The zero-order valence-electron chi connectivity index (χ0n) is 10.4. The second-order valence-corrected chi connectivity index (χ2v) is 6.03. The van der Waals surface area contributed by atoms with Crippen molar-refractivity contribution in [3.8, 4) is 0 Å². The Hall–Kier alpha value is -1.45. The number of carboxylic acid groups (broad SMARTS) is 1. The number of anilines is 1. The number of nitrogens with one attached hydrogen (secondary N) is 1. The van der Waals surface area contributed by atoms with E-state index in [9.17, 15) is 19.3 Å². The lowest BCUT2D eigenvalue weighted by molar-refractivity contribution is -0.384. The van der Waals surface area contributed by atoms with E-state index in [1.54, 1.807) is 22.6 Å². The molecular formula is C12H12FIN2O4. The molecule has 1 saturated carbocycles. The van der Waals surface area contributed by atoms with E-state index in [4.69, 9.17) is 5.11 Å². The van der Waals surface area contributed by atoms with E-state index in [2.05, 4.69) is 5.32 Å². The van der Waals surface area contributed by atoms with Gasteiger partial charge in [0.2, 0.25) is 0 Å². The van der Waals surface area contributed by atoms with E-state index in [-0.39, 0.29) is 21.4 Å². The number of nitro benzene ring substituents is 1. The summed E-state index contributed by atoms with van der Waals surface area (Å²) in [6.07, 6.45) is 1.91. The van der Waals surface area contributed by atoms with Gasteiger partial charge >= 0.3 is 5.97 Å². The number of carbonyl (C=O) groups is 1. The van der Waals surface area contributed by atoms with Crippen molar-refractivity contribution in [2.24, 2.45) is 0 Å². The Bertz CT molecular complexity index is 575. The highest BCUT2D eigenvalue weighted by Gasteiger charge is 2.40. The molecule has 1 fully saturated rings. The fourth-order valence-corrected chi connectivity index (χ4v) is 2.76. The standard InChI is InChI=1S/C12H12FIN2O4/c13-7-4-9(10(16(19)20)5-8(7)14)15-12(2-1-3-12)6-11(17)18/h4-5,15H,1-3,6H2,(H,17,18). The minimum atomic E-state index is -0.981.